The Balaban J connectivity index is 1.28. The van der Waals surface area contributed by atoms with Gasteiger partial charge in [-0.3, -0.25) is 5.43 Å². The Morgan fingerprint density at radius 3 is 2.78 bits per heavy atom. The number of rotatable bonds is 4. The molecule has 0 bridgehead atoms. The largest absolute Gasteiger partial charge is 0.379 e. The highest BCUT2D eigenvalue weighted by molar-refractivity contribution is 5.40. The van der Waals surface area contributed by atoms with Crippen LogP contribution in [0.15, 0.2) is 12.4 Å². The monoisotopic (exact) mass is 375 g/mol. The SMILES string of the molecule is c1nc(C2NNC3CCC(O[C@@H]4CCOC4)CC32)cc(N2CCOCC2)n1. The number of ether oxygens (including phenoxy) is 3. The van der Waals surface area contributed by atoms with Gasteiger partial charge in [-0.2, -0.15) is 0 Å². The van der Waals surface area contributed by atoms with E-state index in [0.717, 1.165) is 76.7 Å². The number of nitrogens with one attached hydrogen (secondary N) is 2. The summed E-state index contributed by atoms with van der Waals surface area (Å²) in [4.78, 5) is 11.4. The highest BCUT2D eigenvalue weighted by atomic mass is 16.5. The van der Waals surface area contributed by atoms with Gasteiger partial charge in [0.05, 0.1) is 43.8 Å². The van der Waals surface area contributed by atoms with E-state index in [1.165, 1.54) is 0 Å². The quantitative estimate of drug-likeness (QED) is 0.800. The molecule has 0 aromatic carbocycles. The van der Waals surface area contributed by atoms with Crippen LogP contribution in [0.2, 0.25) is 0 Å². The van der Waals surface area contributed by atoms with Crippen molar-refractivity contribution in [2.45, 2.75) is 50.0 Å². The van der Waals surface area contributed by atoms with Crippen LogP contribution in [0.3, 0.4) is 0 Å². The molecule has 4 fully saturated rings. The second-order valence-corrected chi connectivity index (χ2v) is 7.99. The number of hydrazine groups is 1. The number of anilines is 1. The van der Waals surface area contributed by atoms with Crippen LogP contribution in [-0.2, 0) is 14.2 Å². The summed E-state index contributed by atoms with van der Waals surface area (Å²) in [5.41, 5.74) is 8.06. The highest BCUT2D eigenvalue weighted by Gasteiger charge is 2.42. The Hall–Kier alpha value is -1.32. The first-order chi connectivity index (χ1) is 13.4. The maximum Gasteiger partial charge on any atom is 0.132 e. The van der Waals surface area contributed by atoms with E-state index in [1.54, 1.807) is 6.33 Å². The first-order valence-electron chi connectivity index (χ1n) is 10.3. The lowest BCUT2D eigenvalue weighted by Gasteiger charge is -2.34. The fraction of sp³-hybridized carbons (Fsp3) is 0.789. The summed E-state index contributed by atoms with van der Waals surface area (Å²) in [6, 6.07) is 2.82. The molecule has 4 heterocycles. The van der Waals surface area contributed by atoms with E-state index in [-0.39, 0.29) is 12.1 Å². The van der Waals surface area contributed by atoms with Gasteiger partial charge in [-0.25, -0.2) is 15.4 Å². The topological polar surface area (TPSA) is 80.8 Å². The number of nitrogens with zero attached hydrogens (tertiary/aromatic N) is 3. The first kappa shape index (κ1) is 17.8. The van der Waals surface area contributed by atoms with E-state index in [1.807, 2.05) is 0 Å². The van der Waals surface area contributed by atoms with Gasteiger partial charge >= 0.3 is 0 Å². The molecule has 1 aromatic rings. The molecule has 5 atom stereocenters. The molecule has 1 aliphatic carbocycles. The van der Waals surface area contributed by atoms with Gasteiger partial charge in [0.2, 0.25) is 0 Å². The van der Waals surface area contributed by atoms with Gasteiger partial charge in [0.1, 0.15) is 12.1 Å². The van der Waals surface area contributed by atoms with Crippen LogP contribution >= 0.6 is 0 Å². The molecule has 1 saturated carbocycles. The molecule has 0 spiro atoms. The second-order valence-electron chi connectivity index (χ2n) is 7.99. The molecular weight excluding hydrogens is 346 g/mol. The van der Waals surface area contributed by atoms with Crippen molar-refractivity contribution in [1.82, 2.24) is 20.8 Å². The summed E-state index contributed by atoms with van der Waals surface area (Å²) in [6.45, 7) is 4.88. The van der Waals surface area contributed by atoms with Crippen molar-refractivity contribution in [2.24, 2.45) is 5.92 Å². The molecule has 8 nitrogen and oxygen atoms in total. The minimum absolute atomic E-state index is 0.198. The molecule has 8 heteroatoms. The zero-order valence-corrected chi connectivity index (χ0v) is 15.7. The maximum atomic E-state index is 6.33. The molecule has 4 aliphatic rings. The summed E-state index contributed by atoms with van der Waals surface area (Å²) in [7, 11) is 0. The third-order valence-electron chi connectivity index (χ3n) is 6.30. The van der Waals surface area contributed by atoms with Gasteiger partial charge in [0.25, 0.3) is 0 Å². The Labute approximate surface area is 159 Å². The summed E-state index contributed by atoms with van der Waals surface area (Å²) in [6.07, 6.45) is 6.63. The number of hydrogen-bond donors (Lipinski definition) is 2. The minimum atomic E-state index is 0.198. The number of morpholine rings is 1. The number of hydrogen-bond acceptors (Lipinski definition) is 8. The summed E-state index contributed by atoms with van der Waals surface area (Å²) in [5, 5.41) is 0. The van der Waals surface area contributed by atoms with Crippen LogP contribution in [-0.4, -0.2) is 67.7 Å². The maximum absolute atomic E-state index is 6.33. The molecule has 5 rings (SSSR count). The average molecular weight is 375 g/mol. The Morgan fingerprint density at radius 1 is 1.00 bits per heavy atom. The van der Waals surface area contributed by atoms with Crippen LogP contribution < -0.4 is 15.8 Å². The molecule has 0 amide bonds. The summed E-state index contributed by atoms with van der Waals surface area (Å²) in [5.74, 6) is 1.48. The van der Waals surface area contributed by atoms with Crippen molar-refractivity contribution < 1.29 is 14.2 Å². The molecule has 27 heavy (non-hydrogen) atoms. The standard InChI is InChI=1S/C19H29N5O3/c1-2-16-15(9-13(1)27-14-3-6-26-11-14)19(23-22-16)17-10-18(21-12-20-17)24-4-7-25-8-5-24/h10,12-16,19,22-23H,1-9,11H2/t13?,14-,15?,16?,19?/m1/s1. The first-order valence-corrected chi connectivity index (χ1v) is 10.3. The van der Waals surface area contributed by atoms with Crippen LogP contribution in [0.5, 0.6) is 0 Å². The lowest BCUT2D eigenvalue weighted by Crippen LogP contribution is -2.38. The molecule has 0 radical (unpaired) electrons. The number of fused-ring (bicyclic) bond motifs is 1. The third-order valence-corrected chi connectivity index (χ3v) is 6.30. The van der Waals surface area contributed by atoms with Crippen LogP contribution in [0.1, 0.15) is 37.4 Å². The van der Waals surface area contributed by atoms with E-state index in [0.29, 0.717) is 18.1 Å². The van der Waals surface area contributed by atoms with Gasteiger partial charge in [0, 0.05) is 37.7 Å². The van der Waals surface area contributed by atoms with Gasteiger partial charge in [-0.15, -0.1) is 0 Å². The molecule has 4 unspecified atom stereocenters. The molecule has 148 valence electrons. The predicted molar refractivity (Wildman–Crippen MR) is 99.3 cm³/mol. The van der Waals surface area contributed by atoms with Crippen molar-refractivity contribution in [1.29, 1.82) is 0 Å². The van der Waals surface area contributed by atoms with Crippen molar-refractivity contribution in [3.8, 4) is 0 Å². The number of aromatic nitrogens is 2. The van der Waals surface area contributed by atoms with Crippen molar-refractivity contribution in [3.63, 3.8) is 0 Å². The molecular formula is C19H29N5O3. The Morgan fingerprint density at radius 2 is 1.93 bits per heavy atom. The van der Waals surface area contributed by atoms with Crippen molar-refractivity contribution >= 4 is 5.82 Å². The van der Waals surface area contributed by atoms with E-state index < -0.39 is 0 Å². The fourth-order valence-corrected chi connectivity index (χ4v) is 4.82. The third kappa shape index (κ3) is 3.82. The molecule has 1 aromatic heterocycles. The second kappa shape index (κ2) is 7.97. The van der Waals surface area contributed by atoms with E-state index in [9.17, 15) is 0 Å². The van der Waals surface area contributed by atoms with Gasteiger partial charge in [-0.1, -0.05) is 0 Å². The molecule has 3 saturated heterocycles. The van der Waals surface area contributed by atoms with Crippen molar-refractivity contribution in [3.05, 3.63) is 18.1 Å². The zero-order chi connectivity index (χ0) is 18.1. The smallest absolute Gasteiger partial charge is 0.132 e. The Bertz CT molecular complexity index is 636. The van der Waals surface area contributed by atoms with Gasteiger partial charge in [0.15, 0.2) is 0 Å². The van der Waals surface area contributed by atoms with Crippen LogP contribution in [0.25, 0.3) is 0 Å². The van der Waals surface area contributed by atoms with E-state index in [4.69, 9.17) is 14.2 Å². The van der Waals surface area contributed by atoms with E-state index >= 15 is 0 Å². The minimum Gasteiger partial charge on any atom is -0.379 e. The summed E-state index contributed by atoms with van der Waals surface area (Å²) < 4.78 is 17.3. The fourth-order valence-electron chi connectivity index (χ4n) is 4.82. The predicted octanol–water partition coefficient (Wildman–Crippen LogP) is 0.805. The summed E-state index contributed by atoms with van der Waals surface area (Å²) >= 11 is 0. The molecule has 3 aliphatic heterocycles. The van der Waals surface area contributed by atoms with Crippen molar-refractivity contribution in [2.75, 3.05) is 44.4 Å². The lowest BCUT2D eigenvalue weighted by molar-refractivity contribution is -0.0450. The molecule has 2 N–H and O–H groups in total. The van der Waals surface area contributed by atoms with Crippen LogP contribution in [0.4, 0.5) is 5.82 Å². The Kier molecular flexibility index (Phi) is 5.24. The van der Waals surface area contributed by atoms with Gasteiger partial charge in [-0.05, 0) is 25.7 Å². The van der Waals surface area contributed by atoms with Gasteiger partial charge < -0.3 is 19.1 Å². The normalized spacial score (nSPS) is 36.7. The van der Waals surface area contributed by atoms with E-state index in [2.05, 4.69) is 31.8 Å². The van der Waals surface area contributed by atoms with Crippen LogP contribution in [0, 0.1) is 5.92 Å². The highest BCUT2D eigenvalue weighted by Crippen LogP contribution is 2.39. The average Bonchev–Trinajstić information content (AvgIpc) is 3.38. The lowest BCUT2D eigenvalue weighted by atomic mass is 9.79. The zero-order valence-electron chi connectivity index (χ0n) is 15.7.